The maximum absolute atomic E-state index is 13.1. The minimum Gasteiger partial charge on any atom is -0.507 e. The van der Waals surface area contributed by atoms with E-state index in [-0.39, 0.29) is 16.7 Å². The van der Waals surface area contributed by atoms with Crippen LogP contribution in [0.1, 0.15) is 75.8 Å². The van der Waals surface area contributed by atoms with Crippen molar-refractivity contribution < 1.29 is 9.90 Å². The van der Waals surface area contributed by atoms with E-state index < -0.39 is 5.54 Å². The van der Waals surface area contributed by atoms with Gasteiger partial charge in [-0.1, -0.05) is 102 Å². The van der Waals surface area contributed by atoms with Crippen molar-refractivity contribution in [1.82, 2.24) is 10.9 Å². The number of hydrogen-bond acceptors (Lipinski definition) is 5. The van der Waals surface area contributed by atoms with Crippen molar-refractivity contribution in [1.29, 1.82) is 0 Å². The fraction of sp³-hybridized carbons (Fsp3) is 0.323. The summed E-state index contributed by atoms with van der Waals surface area (Å²) in [5.74, 6) is -0.0471. The highest BCUT2D eigenvalue weighted by Gasteiger charge is 2.41. The third-order valence-corrected chi connectivity index (χ3v) is 6.74. The zero-order valence-electron chi connectivity index (χ0n) is 22.5. The summed E-state index contributed by atoms with van der Waals surface area (Å²) in [6.07, 6.45) is 2.01. The number of phenols is 1. The Bertz CT molecular complexity index is 1260. The molecule has 3 N–H and O–H groups in total. The van der Waals surface area contributed by atoms with E-state index in [9.17, 15) is 9.90 Å². The molecule has 192 valence electrons. The average Bonchev–Trinajstić information content (AvgIpc) is 3.31. The van der Waals surface area contributed by atoms with E-state index in [1.807, 2.05) is 72.8 Å². The molecule has 4 rings (SSSR count). The van der Waals surface area contributed by atoms with Gasteiger partial charge in [0, 0.05) is 17.5 Å². The SMILES string of the molecule is CC(C)(C)c1cc(/C=N\NC(=O)C2=NNC(c3ccccc3)(c3ccccc3)C2)cc(C(C)(C)C)c1O. The summed E-state index contributed by atoms with van der Waals surface area (Å²) in [5, 5.41) is 19.6. The van der Waals surface area contributed by atoms with Crippen LogP contribution in [0.25, 0.3) is 0 Å². The Morgan fingerprint density at radius 2 is 1.41 bits per heavy atom. The number of carbonyl (C=O) groups excluding carboxylic acids is 1. The summed E-state index contributed by atoms with van der Waals surface area (Å²) in [6, 6.07) is 23.9. The number of benzene rings is 3. The first kappa shape index (κ1) is 26.1. The molecule has 3 aromatic carbocycles. The van der Waals surface area contributed by atoms with Crippen molar-refractivity contribution in [2.45, 2.75) is 64.3 Å². The topological polar surface area (TPSA) is 86.1 Å². The van der Waals surface area contributed by atoms with Crippen LogP contribution in [-0.2, 0) is 21.2 Å². The van der Waals surface area contributed by atoms with Gasteiger partial charge in [0.05, 0.1) is 6.21 Å². The van der Waals surface area contributed by atoms with Gasteiger partial charge in [-0.05, 0) is 39.7 Å². The third kappa shape index (κ3) is 5.43. The molecule has 0 radical (unpaired) electrons. The highest BCUT2D eigenvalue weighted by atomic mass is 16.3. The Hall–Kier alpha value is -3.93. The molecule has 0 spiro atoms. The van der Waals surface area contributed by atoms with Crippen LogP contribution in [0.4, 0.5) is 0 Å². The van der Waals surface area contributed by atoms with Gasteiger partial charge < -0.3 is 5.11 Å². The van der Waals surface area contributed by atoms with Crippen molar-refractivity contribution in [2.75, 3.05) is 0 Å². The second-order valence-corrected chi connectivity index (χ2v) is 11.6. The summed E-state index contributed by atoms with van der Waals surface area (Å²) in [5.41, 5.74) is 9.69. The summed E-state index contributed by atoms with van der Waals surface area (Å²) < 4.78 is 0. The molecular formula is C31H36N4O2. The van der Waals surface area contributed by atoms with E-state index in [0.717, 1.165) is 27.8 Å². The molecule has 1 amide bonds. The van der Waals surface area contributed by atoms with Gasteiger partial charge in [-0.3, -0.25) is 10.2 Å². The van der Waals surface area contributed by atoms with E-state index >= 15 is 0 Å². The zero-order chi connectivity index (χ0) is 26.8. The molecule has 6 heteroatoms. The third-order valence-electron chi connectivity index (χ3n) is 6.74. The molecule has 0 aromatic heterocycles. The normalized spacial score (nSPS) is 15.4. The Kier molecular flexibility index (Phi) is 6.96. The maximum Gasteiger partial charge on any atom is 0.287 e. The van der Waals surface area contributed by atoms with E-state index in [4.69, 9.17) is 0 Å². The fourth-order valence-electron chi connectivity index (χ4n) is 4.67. The van der Waals surface area contributed by atoms with Crippen LogP contribution in [-0.4, -0.2) is 22.9 Å². The molecule has 0 unspecified atom stereocenters. The lowest BCUT2D eigenvalue weighted by Crippen LogP contribution is -2.38. The highest BCUT2D eigenvalue weighted by Crippen LogP contribution is 2.40. The van der Waals surface area contributed by atoms with Gasteiger partial charge in [0.25, 0.3) is 5.91 Å². The molecule has 0 fully saturated rings. The zero-order valence-corrected chi connectivity index (χ0v) is 22.5. The van der Waals surface area contributed by atoms with Gasteiger partial charge >= 0.3 is 0 Å². The summed E-state index contributed by atoms with van der Waals surface area (Å²) in [4.78, 5) is 13.1. The summed E-state index contributed by atoms with van der Waals surface area (Å²) in [7, 11) is 0. The fourth-order valence-corrected chi connectivity index (χ4v) is 4.67. The highest BCUT2D eigenvalue weighted by molar-refractivity contribution is 6.39. The molecule has 0 atom stereocenters. The van der Waals surface area contributed by atoms with Crippen LogP contribution in [0.5, 0.6) is 5.75 Å². The predicted molar refractivity (Wildman–Crippen MR) is 150 cm³/mol. The number of hydrazone groups is 2. The minimum atomic E-state index is -0.626. The number of hydrogen-bond donors (Lipinski definition) is 3. The van der Waals surface area contributed by atoms with Gasteiger partial charge in [-0.2, -0.15) is 10.2 Å². The molecule has 1 heterocycles. The second kappa shape index (κ2) is 9.85. The number of aromatic hydroxyl groups is 1. The predicted octanol–water partition coefficient (Wildman–Crippen LogP) is 5.73. The molecule has 1 aliphatic heterocycles. The lowest BCUT2D eigenvalue weighted by Gasteiger charge is -2.30. The van der Waals surface area contributed by atoms with Crippen LogP contribution in [0.3, 0.4) is 0 Å². The van der Waals surface area contributed by atoms with Crippen molar-refractivity contribution in [2.24, 2.45) is 10.2 Å². The minimum absolute atomic E-state index is 0.250. The van der Waals surface area contributed by atoms with Crippen molar-refractivity contribution >= 4 is 17.8 Å². The summed E-state index contributed by atoms with van der Waals surface area (Å²) >= 11 is 0. The maximum atomic E-state index is 13.1. The van der Waals surface area contributed by atoms with Gasteiger partial charge in [0.2, 0.25) is 0 Å². The molecule has 0 saturated heterocycles. The van der Waals surface area contributed by atoms with E-state index in [1.54, 1.807) is 6.21 Å². The lowest BCUT2D eigenvalue weighted by molar-refractivity contribution is -0.114. The first-order valence-electron chi connectivity index (χ1n) is 12.6. The van der Waals surface area contributed by atoms with Gasteiger partial charge in [0.15, 0.2) is 0 Å². The molecule has 6 nitrogen and oxygen atoms in total. The Labute approximate surface area is 219 Å². The number of nitrogens with zero attached hydrogens (tertiary/aromatic N) is 2. The Morgan fingerprint density at radius 1 is 0.919 bits per heavy atom. The van der Waals surface area contributed by atoms with Crippen LogP contribution < -0.4 is 10.9 Å². The largest absolute Gasteiger partial charge is 0.507 e. The molecule has 0 saturated carbocycles. The molecule has 1 aliphatic rings. The molecule has 3 aromatic rings. The molecule has 0 aliphatic carbocycles. The smallest absolute Gasteiger partial charge is 0.287 e. The van der Waals surface area contributed by atoms with Crippen LogP contribution in [0.2, 0.25) is 0 Å². The average molecular weight is 497 g/mol. The van der Waals surface area contributed by atoms with Crippen LogP contribution in [0.15, 0.2) is 83.0 Å². The molecule has 0 bridgehead atoms. The van der Waals surface area contributed by atoms with Gasteiger partial charge in [0.1, 0.15) is 17.0 Å². The lowest BCUT2D eigenvalue weighted by atomic mass is 9.78. The van der Waals surface area contributed by atoms with E-state index in [2.05, 4.69) is 62.6 Å². The quantitative estimate of drug-likeness (QED) is 0.311. The number of rotatable bonds is 5. The van der Waals surface area contributed by atoms with Crippen molar-refractivity contribution in [3.63, 3.8) is 0 Å². The van der Waals surface area contributed by atoms with Gasteiger partial charge in [-0.15, -0.1) is 0 Å². The Morgan fingerprint density at radius 3 is 1.86 bits per heavy atom. The van der Waals surface area contributed by atoms with E-state index in [1.165, 1.54) is 0 Å². The molecule has 37 heavy (non-hydrogen) atoms. The first-order valence-corrected chi connectivity index (χ1v) is 12.6. The van der Waals surface area contributed by atoms with Gasteiger partial charge in [-0.25, -0.2) is 5.43 Å². The molecular weight excluding hydrogens is 460 g/mol. The van der Waals surface area contributed by atoms with E-state index in [0.29, 0.717) is 17.9 Å². The van der Waals surface area contributed by atoms with Crippen LogP contribution >= 0.6 is 0 Å². The Balaban J connectivity index is 1.56. The monoisotopic (exact) mass is 496 g/mol. The first-order chi connectivity index (χ1) is 17.4. The number of nitrogens with one attached hydrogen (secondary N) is 2. The number of carbonyl (C=O) groups is 1. The number of phenolic OH excluding ortho intramolecular Hbond substituents is 1. The van der Waals surface area contributed by atoms with Crippen LogP contribution in [0, 0.1) is 0 Å². The van der Waals surface area contributed by atoms with Crippen molar-refractivity contribution in [3.8, 4) is 5.75 Å². The van der Waals surface area contributed by atoms with Crippen molar-refractivity contribution in [3.05, 3.63) is 101 Å². The summed E-state index contributed by atoms with van der Waals surface area (Å²) in [6.45, 7) is 12.4. The second-order valence-electron chi connectivity index (χ2n) is 11.6. The number of amides is 1. The standard InChI is InChI=1S/C31H36N4O2/c1-29(2,3)24-17-21(18-25(27(24)36)30(4,5)6)20-32-34-28(37)26-19-31(35-33-26,22-13-9-7-10-14-22)23-15-11-8-12-16-23/h7-18,20,35-36H,19H2,1-6H3,(H,34,37)/b32-20-.